The van der Waals surface area contributed by atoms with Gasteiger partial charge < -0.3 is 4.42 Å². The Labute approximate surface area is 59.2 Å². The summed E-state index contributed by atoms with van der Waals surface area (Å²) in [5, 5.41) is 0. The quantitative estimate of drug-likeness (QED) is 0.460. The van der Waals surface area contributed by atoms with Gasteiger partial charge in [-0.2, -0.15) is 0 Å². The van der Waals surface area contributed by atoms with E-state index in [9.17, 15) is 4.79 Å². The second-order valence-corrected chi connectivity index (χ2v) is 1.88. The normalized spacial score (nSPS) is 10.5. The second-order valence-electron chi connectivity index (χ2n) is 1.88. The van der Waals surface area contributed by atoms with Gasteiger partial charge in [-0.15, -0.1) is 0 Å². The number of hydrogen-bond donors (Lipinski definition) is 0. The van der Waals surface area contributed by atoms with E-state index in [1.54, 1.807) is 19.1 Å². The van der Waals surface area contributed by atoms with Gasteiger partial charge in [-0.25, -0.2) is 0 Å². The van der Waals surface area contributed by atoms with Gasteiger partial charge in [-0.05, 0) is 19.1 Å². The van der Waals surface area contributed by atoms with Crippen molar-refractivity contribution in [1.29, 1.82) is 0 Å². The van der Waals surface area contributed by atoms with Crippen molar-refractivity contribution in [2.75, 3.05) is 0 Å². The van der Waals surface area contributed by atoms with E-state index in [4.69, 9.17) is 4.42 Å². The van der Waals surface area contributed by atoms with Gasteiger partial charge in [-0.3, -0.25) is 4.79 Å². The maximum atomic E-state index is 11.0. The molecule has 1 aromatic rings. The average Bonchev–Trinajstić information content (AvgIpc) is 2.38. The molecule has 0 aliphatic rings. The fourth-order valence-corrected chi connectivity index (χ4v) is 0.652. The van der Waals surface area contributed by atoms with E-state index in [-0.39, 0.29) is 5.78 Å². The Morgan fingerprint density at radius 2 is 2.50 bits per heavy atom. The molecule has 10 heavy (non-hydrogen) atoms. The number of carbonyl (C=O) groups is 1. The highest BCUT2D eigenvalue weighted by Gasteiger charge is 1.99. The van der Waals surface area contributed by atoms with Crippen molar-refractivity contribution in [2.24, 2.45) is 0 Å². The number of furan rings is 1. The fourth-order valence-electron chi connectivity index (χ4n) is 0.652. The number of carbonyl (C=O) groups excluding carboxylic acids is 1. The van der Waals surface area contributed by atoms with Gasteiger partial charge in [-0.1, -0.05) is 6.08 Å². The number of ketones is 1. The molecule has 0 bridgehead atoms. The van der Waals surface area contributed by atoms with Gasteiger partial charge in [0.25, 0.3) is 0 Å². The lowest BCUT2D eigenvalue weighted by molar-refractivity contribution is 0.104. The zero-order valence-electron chi connectivity index (χ0n) is 5.70. The van der Waals surface area contributed by atoms with Crippen LogP contribution in [0.5, 0.6) is 0 Å². The predicted octanol–water partition coefficient (Wildman–Crippen LogP) is 2.04. The van der Waals surface area contributed by atoms with Crippen LogP contribution in [0, 0.1) is 0 Å². The molecule has 0 atom stereocenters. The lowest BCUT2D eigenvalue weighted by Gasteiger charge is -1.82. The molecule has 2 nitrogen and oxygen atoms in total. The maximum absolute atomic E-state index is 11.0. The van der Waals surface area contributed by atoms with E-state index in [0.29, 0.717) is 5.56 Å². The zero-order chi connectivity index (χ0) is 7.40. The molecule has 0 amide bonds. The molecule has 0 aromatic carbocycles. The Kier molecular flexibility index (Phi) is 2.05. The number of hydrogen-bond acceptors (Lipinski definition) is 2. The minimum Gasteiger partial charge on any atom is -0.472 e. The molecular formula is C8H8O2. The van der Waals surface area contributed by atoms with E-state index in [2.05, 4.69) is 0 Å². The maximum Gasteiger partial charge on any atom is 0.188 e. The third-order valence-corrected chi connectivity index (χ3v) is 1.12. The largest absolute Gasteiger partial charge is 0.472 e. The van der Waals surface area contributed by atoms with Gasteiger partial charge in [0.05, 0.1) is 11.8 Å². The lowest BCUT2D eigenvalue weighted by Crippen LogP contribution is -1.89. The first-order valence-electron chi connectivity index (χ1n) is 3.04. The first kappa shape index (κ1) is 6.81. The van der Waals surface area contributed by atoms with Gasteiger partial charge in [0.15, 0.2) is 5.78 Å². The summed E-state index contributed by atoms with van der Waals surface area (Å²) in [7, 11) is 0. The Bertz CT molecular complexity index is 232. The van der Waals surface area contributed by atoms with Crippen molar-refractivity contribution in [3.8, 4) is 0 Å². The standard InChI is InChI=1S/C8H8O2/c1-2-3-8(9)7-4-5-10-6-7/h2-6H,1H3/b3-2+. The van der Waals surface area contributed by atoms with Crippen LogP contribution >= 0.6 is 0 Å². The Morgan fingerprint density at radius 3 is 3.00 bits per heavy atom. The van der Waals surface area contributed by atoms with Crippen molar-refractivity contribution in [1.82, 2.24) is 0 Å². The molecule has 0 fully saturated rings. The highest BCUT2D eigenvalue weighted by molar-refractivity contribution is 6.04. The molecule has 1 heterocycles. The van der Waals surface area contributed by atoms with E-state index in [1.807, 2.05) is 0 Å². The van der Waals surface area contributed by atoms with Crippen LogP contribution in [0.15, 0.2) is 35.2 Å². The van der Waals surface area contributed by atoms with Crippen molar-refractivity contribution in [2.45, 2.75) is 6.92 Å². The molecular weight excluding hydrogens is 128 g/mol. The van der Waals surface area contributed by atoms with Crippen LogP contribution in [0.4, 0.5) is 0 Å². The van der Waals surface area contributed by atoms with Crippen LogP contribution in [0.2, 0.25) is 0 Å². The fraction of sp³-hybridized carbons (Fsp3) is 0.125. The third-order valence-electron chi connectivity index (χ3n) is 1.12. The predicted molar refractivity (Wildman–Crippen MR) is 37.9 cm³/mol. The molecule has 0 saturated heterocycles. The first-order chi connectivity index (χ1) is 4.84. The summed E-state index contributed by atoms with van der Waals surface area (Å²) in [6.07, 6.45) is 6.12. The van der Waals surface area contributed by atoms with Crippen LogP contribution in [0.3, 0.4) is 0 Å². The number of allylic oxidation sites excluding steroid dienone is 2. The minimum atomic E-state index is -0.0174. The first-order valence-corrected chi connectivity index (χ1v) is 3.04. The Hall–Kier alpha value is -1.31. The molecule has 1 aromatic heterocycles. The molecule has 0 aliphatic carbocycles. The van der Waals surface area contributed by atoms with E-state index in [1.165, 1.54) is 18.6 Å². The van der Waals surface area contributed by atoms with Gasteiger partial charge >= 0.3 is 0 Å². The molecule has 52 valence electrons. The van der Waals surface area contributed by atoms with Crippen LogP contribution < -0.4 is 0 Å². The summed E-state index contributed by atoms with van der Waals surface area (Å²) >= 11 is 0. The monoisotopic (exact) mass is 136 g/mol. The van der Waals surface area contributed by atoms with E-state index >= 15 is 0 Å². The summed E-state index contributed by atoms with van der Waals surface area (Å²) < 4.78 is 4.73. The van der Waals surface area contributed by atoms with Crippen molar-refractivity contribution in [3.05, 3.63) is 36.3 Å². The van der Waals surface area contributed by atoms with Crippen LogP contribution in [-0.4, -0.2) is 5.78 Å². The smallest absolute Gasteiger partial charge is 0.188 e. The van der Waals surface area contributed by atoms with Gasteiger partial charge in [0.1, 0.15) is 6.26 Å². The molecule has 0 aliphatic heterocycles. The van der Waals surface area contributed by atoms with Crippen LogP contribution in [0.25, 0.3) is 0 Å². The minimum absolute atomic E-state index is 0.0174. The summed E-state index contributed by atoms with van der Waals surface area (Å²) in [6, 6.07) is 1.64. The zero-order valence-corrected chi connectivity index (χ0v) is 5.70. The molecule has 0 N–H and O–H groups in total. The van der Waals surface area contributed by atoms with Crippen molar-refractivity contribution >= 4 is 5.78 Å². The third kappa shape index (κ3) is 1.35. The average molecular weight is 136 g/mol. The van der Waals surface area contributed by atoms with E-state index < -0.39 is 0 Å². The van der Waals surface area contributed by atoms with Gasteiger partial charge in [0, 0.05) is 0 Å². The molecule has 0 spiro atoms. The SMILES string of the molecule is C/C=C/C(=O)c1ccoc1. The molecule has 0 unspecified atom stereocenters. The molecule has 0 radical (unpaired) electrons. The van der Waals surface area contributed by atoms with Crippen molar-refractivity contribution in [3.63, 3.8) is 0 Å². The highest BCUT2D eigenvalue weighted by atomic mass is 16.3. The summed E-state index contributed by atoms with van der Waals surface area (Å²) in [6.45, 7) is 1.80. The highest BCUT2D eigenvalue weighted by Crippen LogP contribution is 2.01. The van der Waals surface area contributed by atoms with Crippen LogP contribution in [0.1, 0.15) is 17.3 Å². The summed E-state index contributed by atoms with van der Waals surface area (Å²) in [5.74, 6) is -0.0174. The van der Waals surface area contributed by atoms with Crippen molar-refractivity contribution < 1.29 is 9.21 Å². The van der Waals surface area contributed by atoms with E-state index in [0.717, 1.165) is 0 Å². The van der Waals surface area contributed by atoms with Gasteiger partial charge in [0.2, 0.25) is 0 Å². The Balaban J connectivity index is 2.78. The Morgan fingerprint density at radius 1 is 1.70 bits per heavy atom. The topological polar surface area (TPSA) is 30.2 Å². The molecule has 0 saturated carbocycles. The lowest BCUT2D eigenvalue weighted by atomic mass is 10.2. The molecule has 2 heteroatoms. The molecule has 1 rings (SSSR count). The number of rotatable bonds is 2. The summed E-state index contributed by atoms with van der Waals surface area (Å²) in [4.78, 5) is 11.0. The van der Waals surface area contributed by atoms with Crippen LogP contribution in [-0.2, 0) is 0 Å². The second kappa shape index (κ2) is 3.01. The summed E-state index contributed by atoms with van der Waals surface area (Å²) in [5.41, 5.74) is 0.595.